The number of fused-ring (bicyclic) bond motifs is 2. The Morgan fingerprint density at radius 3 is 1.99 bits per heavy atom. The smallest absolute Gasteiger partial charge is 0.248 e. The Labute approximate surface area is 445 Å². The zero-order valence-corrected chi connectivity index (χ0v) is 44.6. The molecule has 0 radical (unpaired) electrons. The van der Waals surface area contributed by atoms with Gasteiger partial charge < -0.3 is 83.6 Å². The van der Waals surface area contributed by atoms with Crippen LogP contribution in [0.2, 0.25) is 0 Å². The first-order valence-corrected chi connectivity index (χ1v) is 27.2. The third-order valence-corrected chi connectivity index (χ3v) is 14.8. The molecule has 17 N–H and O–H groups in total. The fraction of sp³-hybridized carbons (Fsp3) is 0.750. The van der Waals surface area contributed by atoms with Gasteiger partial charge in [0.15, 0.2) is 0 Å². The Bertz CT molecular complexity index is 2040. The minimum absolute atomic E-state index is 0.00412. The highest BCUT2D eigenvalue weighted by molar-refractivity contribution is 5.98. The summed E-state index contributed by atoms with van der Waals surface area (Å²) in [5.41, 5.74) is 11.5. The number of aromatic hydroxyl groups is 1. The van der Waals surface area contributed by atoms with E-state index in [9.17, 15) is 69.3 Å². The number of hydrogen-bond donors (Lipinski definition) is 15. The van der Waals surface area contributed by atoms with Crippen LogP contribution in [0.4, 0.5) is 0 Å². The zero-order chi connectivity index (χ0) is 56.2. The van der Waals surface area contributed by atoms with Crippen molar-refractivity contribution < 1.29 is 69.3 Å². The summed E-state index contributed by atoms with van der Waals surface area (Å²) in [6.45, 7) is 7.23. The van der Waals surface area contributed by atoms with Crippen molar-refractivity contribution in [1.29, 1.82) is 0 Å². The normalized spacial score (nSPS) is 27.9. The van der Waals surface area contributed by atoms with Crippen molar-refractivity contribution in [1.82, 2.24) is 41.7 Å². The maximum absolute atomic E-state index is 14.5. The summed E-state index contributed by atoms with van der Waals surface area (Å²) in [7, 11) is 0. The highest BCUT2D eigenvalue weighted by Gasteiger charge is 2.47. The van der Waals surface area contributed by atoms with Crippen LogP contribution in [0.15, 0.2) is 24.3 Å². The lowest BCUT2D eigenvalue weighted by Crippen LogP contribution is -2.64. The van der Waals surface area contributed by atoms with Crippen molar-refractivity contribution >= 4 is 41.4 Å². The van der Waals surface area contributed by atoms with E-state index in [0.29, 0.717) is 18.3 Å². The summed E-state index contributed by atoms with van der Waals surface area (Å²) in [6.07, 6.45) is -4.09. The van der Waals surface area contributed by atoms with Crippen molar-refractivity contribution in [2.24, 2.45) is 23.3 Å². The molecule has 3 aliphatic rings. The molecule has 24 nitrogen and oxygen atoms in total. The van der Waals surface area contributed by atoms with Crippen molar-refractivity contribution in [2.45, 2.75) is 203 Å². The van der Waals surface area contributed by atoms with E-state index in [1.165, 1.54) is 37.6 Å². The number of benzene rings is 1. The molecule has 1 aromatic rings. The molecule has 2 unspecified atom stereocenters. The van der Waals surface area contributed by atoms with E-state index in [4.69, 9.17) is 11.5 Å². The monoisotopic (exact) mass is 1080 g/mol. The number of hydrogen-bond acceptors (Lipinski definition) is 17. The van der Waals surface area contributed by atoms with Crippen molar-refractivity contribution in [3.63, 3.8) is 0 Å². The third kappa shape index (κ3) is 18.6. The predicted molar refractivity (Wildman–Crippen MR) is 279 cm³/mol. The average molecular weight is 1080 g/mol. The number of aliphatic hydroxyl groups is 6. The fourth-order valence-electron chi connectivity index (χ4n) is 10.2. The Kier molecular flexibility index (Phi) is 26.2. The van der Waals surface area contributed by atoms with Crippen molar-refractivity contribution in [2.75, 3.05) is 32.7 Å². The third-order valence-electron chi connectivity index (χ3n) is 14.8. The summed E-state index contributed by atoms with van der Waals surface area (Å²) < 4.78 is 0. The van der Waals surface area contributed by atoms with Crippen LogP contribution in [-0.2, 0) is 33.6 Å². The number of carbonyl (C=O) groups is 7. The number of carbonyl (C=O) groups excluding carboxylic acids is 7. The first-order chi connectivity index (χ1) is 36.1. The summed E-state index contributed by atoms with van der Waals surface area (Å²) in [6, 6.07) is -5.54. The maximum Gasteiger partial charge on any atom is 0.248 e. The van der Waals surface area contributed by atoms with Gasteiger partial charge in [-0.05, 0) is 75.1 Å². The molecule has 76 heavy (non-hydrogen) atoms. The van der Waals surface area contributed by atoms with E-state index < -0.39 is 140 Å². The van der Waals surface area contributed by atoms with Crippen molar-refractivity contribution in [3.05, 3.63) is 29.8 Å². The number of phenols is 1. The number of rotatable bonds is 23. The molecular weight excluding hydrogens is 989 g/mol. The number of phenolic OH excluding ortho intramolecular Hbond substituents is 1. The number of nitrogens with two attached hydrogens (primary N) is 2. The molecule has 24 heteroatoms. The SMILES string of the molecule is CCC(C)CC(C)CCCCCCCCC(=O)N[C@@H]1C[C@H](O)[C@@H](NCCN)NC(=O)[C@@H]2CCCN2C(=O)[C@H]([C@H](O)CCN)NC(=O)[C@H]([C@H](O)[C@@H](O)c2ccc(O)cc2)NC(=O)[C@@H]2C[C@@H](O)CN2C(=O)[C@H]([C@@H](C)O)NC1=O. The predicted octanol–water partition coefficient (Wildman–Crippen LogP) is -2.28. The van der Waals surface area contributed by atoms with E-state index in [1.807, 2.05) is 0 Å². The lowest BCUT2D eigenvalue weighted by molar-refractivity contribution is -0.147. The summed E-state index contributed by atoms with van der Waals surface area (Å²) >= 11 is 0. The lowest BCUT2D eigenvalue weighted by Gasteiger charge is -2.34. The van der Waals surface area contributed by atoms with Crippen LogP contribution in [0.1, 0.15) is 136 Å². The van der Waals surface area contributed by atoms with Crippen LogP contribution in [0, 0.1) is 11.8 Å². The van der Waals surface area contributed by atoms with Gasteiger partial charge in [-0.25, -0.2) is 0 Å². The van der Waals surface area contributed by atoms with Gasteiger partial charge in [0.1, 0.15) is 60.4 Å². The molecule has 430 valence electrons. The second-order valence-corrected chi connectivity index (χ2v) is 21.1. The lowest BCUT2D eigenvalue weighted by atomic mass is 9.91. The van der Waals surface area contributed by atoms with Crippen LogP contribution in [0.25, 0.3) is 0 Å². The Balaban J connectivity index is 1.71. The van der Waals surface area contributed by atoms with Crippen LogP contribution in [-0.4, -0.2) is 193 Å². The minimum atomic E-state index is -2.23. The fourth-order valence-corrected chi connectivity index (χ4v) is 10.2. The standard InChI is InChI=1S/C52H88N10O14/c1-5-29(2)25-30(3)13-10-8-6-7-9-11-15-40(68)56-35-27-39(67)46(55-23-22-54)60-48(72)36-14-12-24-61(36)52(76)42(38(66)20-21-53)58-50(74)43(45(70)44(69)32-16-18-33(64)19-17-32)59-49(73)37-26-34(65)28-62(37)51(75)41(31(4)63)57-47(35)71/h16-19,29-31,34-39,41-46,55,63-67,69-70H,5-15,20-28,53-54H2,1-4H3,(H,56,68)(H,57,71)(H,58,74)(H,59,73)(H,60,72)/t29?,30?,31-,34-,35-,36+,37+,38-,39+,41+,42+,43+,44+,45+,46+/m1/s1. The molecule has 4 rings (SSSR count). The van der Waals surface area contributed by atoms with Gasteiger partial charge >= 0.3 is 0 Å². The topological polar surface area (TPSA) is 392 Å². The molecule has 0 aliphatic carbocycles. The van der Waals surface area contributed by atoms with Gasteiger partial charge in [0.25, 0.3) is 0 Å². The van der Waals surface area contributed by atoms with Crippen LogP contribution in [0.3, 0.4) is 0 Å². The van der Waals surface area contributed by atoms with Crippen molar-refractivity contribution in [3.8, 4) is 5.75 Å². The molecule has 0 saturated carbocycles. The molecule has 3 fully saturated rings. The first-order valence-electron chi connectivity index (χ1n) is 27.2. The second-order valence-electron chi connectivity index (χ2n) is 21.1. The molecule has 0 aromatic heterocycles. The summed E-state index contributed by atoms with van der Waals surface area (Å²) in [5.74, 6) is -5.78. The molecule has 3 heterocycles. The Morgan fingerprint density at radius 1 is 0.724 bits per heavy atom. The molecule has 0 spiro atoms. The Hall–Kier alpha value is -5.05. The van der Waals surface area contributed by atoms with Gasteiger partial charge in [-0.1, -0.05) is 77.8 Å². The number of unbranched alkanes of at least 4 members (excludes halogenated alkanes) is 5. The number of aliphatic hydroxyl groups excluding tert-OH is 6. The number of nitrogens with zero attached hydrogens (tertiary/aromatic N) is 2. The van der Waals surface area contributed by atoms with E-state index >= 15 is 0 Å². The molecule has 1 aromatic carbocycles. The van der Waals surface area contributed by atoms with Gasteiger partial charge in [0.05, 0.1) is 24.4 Å². The van der Waals surface area contributed by atoms with E-state index in [-0.39, 0.29) is 63.2 Å². The van der Waals surface area contributed by atoms with Crippen LogP contribution in [0.5, 0.6) is 5.75 Å². The van der Waals surface area contributed by atoms with E-state index in [0.717, 1.165) is 54.7 Å². The highest BCUT2D eigenvalue weighted by atomic mass is 16.3. The van der Waals surface area contributed by atoms with Crippen LogP contribution < -0.4 is 43.4 Å². The molecule has 15 atom stereocenters. The number of amides is 7. The number of nitrogens with one attached hydrogen (secondary N) is 6. The van der Waals surface area contributed by atoms with Gasteiger partial charge in [0.2, 0.25) is 41.4 Å². The maximum atomic E-state index is 14.5. The molecule has 7 amide bonds. The minimum Gasteiger partial charge on any atom is -0.508 e. The van der Waals surface area contributed by atoms with E-state index in [1.54, 1.807) is 0 Å². The quantitative estimate of drug-likeness (QED) is 0.0513. The average Bonchev–Trinajstić information content (AvgIpc) is 4.04. The van der Waals surface area contributed by atoms with Gasteiger partial charge in [-0.2, -0.15) is 0 Å². The highest BCUT2D eigenvalue weighted by Crippen LogP contribution is 2.26. The molecule has 3 saturated heterocycles. The molecule has 3 aliphatic heterocycles. The molecule has 0 bridgehead atoms. The largest absolute Gasteiger partial charge is 0.508 e. The Morgan fingerprint density at radius 2 is 1.34 bits per heavy atom. The summed E-state index contributed by atoms with van der Waals surface area (Å²) in [5, 5.41) is 93.6. The first kappa shape index (κ1) is 63.5. The second kappa shape index (κ2) is 31.4. The molecular formula is C52H88N10O14. The van der Waals surface area contributed by atoms with E-state index in [2.05, 4.69) is 52.7 Å². The summed E-state index contributed by atoms with van der Waals surface area (Å²) in [4.78, 5) is 102. The van der Waals surface area contributed by atoms with Gasteiger partial charge in [0, 0.05) is 45.4 Å². The zero-order valence-electron chi connectivity index (χ0n) is 44.6. The van der Waals surface area contributed by atoms with Crippen LogP contribution >= 0.6 is 0 Å². The van der Waals surface area contributed by atoms with Gasteiger partial charge in [-0.3, -0.25) is 38.9 Å². The van der Waals surface area contributed by atoms with Gasteiger partial charge in [-0.15, -0.1) is 0 Å².